The number of carbonyl (C=O) groups is 1. The largest absolute Gasteiger partial charge is 0.496 e. The van der Waals surface area contributed by atoms with Crippen LogP contribution in [0.4, 0.5) is 0 Å². The number of ether oxygens (including phenoxy) is 1. The Bertz CT molecular complexity index is 366. The zero-order valence-electron chi connectivity index (χ0n) is 8.59. The van der Waals surface area contributed by atoms with Crippen LogP contribution in [-0.4, -0.2) is 12.9 Å². The molecule has 82 valence electrons. The number of hydrogen-bond donors (Lipinski definition) is 0. The highest BCUT2D eigenvalue weighted by Gasteiger charge is 2.14. The SMILES string of the molecule is COc1cc(C(Cl)C(C)=O)ccc1CBr. The number of benzene rings is 1. The molecule has 0 aliphatic carbocycles. The lowest BCUT2D eigenvalue weighted by atomic mass is 10.1. The molecule has 4 heteroatoms. The van der Waals surface area contributed by atoms with Gasteiger partial charge in [0, 0.05) is 10.9 Å². The zero-order chi connectivity index (χ0) is 11.4. The summed E-state index contributed by atoms with van der Waals surface area (Å²) in [6.45, 7) is 1.47. The first kappa shape index (κ1) is 12.5. The predicted octanol–water partition coefficient (Wildman–Crippen LogP) is 3.46. The molecule has 0 saturated heterocycles. The molecule has 1 unspecified atom stereocenters. The third kappa shape index (κ3) is 2.95. The lowest BCUT2D eigenvalue weighted by molar-refractivity contribution is -0.116. The van der Waals surface area contributed by atoms with Gasteiger partial charge in [-0.3, -0.25) is 4.79 Å². The van der Waals surface area contributed by atoms with Gasteiger partial charge in [0.1, 0.15) is 11.1 Å². The Kier molecular flexibility index (Phi) is 4.61. The summed E-state index contributed by atoms with van der Waals surface area (Å²) in [5.74, 6) is 0.682. The van der Waals surface area contributed by atoms with Crippen molar-refractivity contribution in [3.8, 4) is 5.75 Å². The number of halogens is 2. The van der Waals surface area contributed by atoms with E-state index < -0.39 is 5.38 Å². The van der Waals surface area contributed by atoms with E-state index in [1.807, 2.05) is 12.1 Å². The molecular weight excluding hydrogens is 279 g/mol. The second kappa shape index (κ2) is 5.52. The van der Waals surface area contributed by atoms with Crippen molar-refractivity contribution < 1.29 is 9.53 Å². The Balaban J connectivity index is 3.07. The summed E-state index contributed by atoms with van der Waals surface area (Å²) in [4.78, 5) is 11.1. The van der Waals surface area contributed by atoms with Crippen molar-refractivity contribution in [3.63, 3.8) is 0 Å². The van der Waals surface area contributed by atoms with Crippen LogP contribution in [0.3, 0.4) is 0 Å². The number of alkyl halides is 2. The fourth-order valence-electron chi connectivity index (χ4n) is 1.26. The molecule has 1 atom stereocenters. The molecule has 0 heterocycles. The number of hydrogen-bond acceptors (Lipinski definition) is 2. The summed E-state index contributed by atoms with van der Waals surface area (Å²) >= 11 is 9.31. The molecule has 0 radical (unpaired) electrons. The quantitative estimate of drug-likeness (QED) is 0.794. The van der Waals surface area contributed by atoms with Crippen LogP contribution < -0.4 is 4.74 Å². The van der Waals surface area contributed by atoms with Crippen molar-refractivity contribution in [2.75, 3.05) is 7.11 Å². The number of carbonyl (C=O) groups excluding carboxylic acids is 1. The van der Waals surface area contributed by atoms with Crippen LogP contribution in [0.25, 0.3) is 0 Å². The van der Waals surface area contributed by atoms with Gasteiger partial charge in [0.15, 0.2) is 5.78 Å². The summed E-state index contributed by atoms with van der Waals surface area (Å²) in [7, 11) is 1.60. The molecule has 0 amide bonds. The molecule has 0 fully saturated rings. The van der Waals surface area contributed by atoms with E-state index in [2.05, 4.69) is 15.9 Å². The molecule has 0 aliphatic heterocycles. The molecule has 0 spiro atoms. The molecule has 1 aromatic rings. The Morgan fingerprint density at radius 3 is 2.73 bits per heavy atom. The van der Waals surface area contributed by atoms with Crippen LogP contribution in [0.2, 0.25) is 0 Å². The summed E-state index contributed by atoms with van der Waals surface area (Å²) in [6, 6.07) is 5.55. The molecule has 15 heavy (non-hydrogen) atoms. The van der Waals surface area contributed by atoms with Crippen LogP contribution in [0.5, 0.6) is 5.75 Å². The topological polar surface area (TPSA) is 26.3 Å². The maximum Gasteiger partial charge on any atom is 0.152 e. The third-order valence-corrected chi connectivity index (χ3v) is 3.27. The van der Waals surface area contributed by atoms with E-state index in [1.165, 1.54) is 6.92 Å². The molecule has 0 bridgehead atoms. The van der Waals surface area contributed by atoms with Crippen LogP contribution in [0.1, 0.15) is 23.4 Å². The van der Waals surface area contributed by atoms with Gasteiger partial charge < -0.3 is 4.74 Å². The Morgan fingerprint density at radius 2 is 2.27 bits per heavy atom. The van der Waals surface area contributed by atoms with Crippen LogP contribution >= 0.6 is 27.5 Å². The van der Waals surface area contributed by atoms with Gasteiger partial charge in [0.25, 0.3) is 0 Å². The van der Waals surface area contributed by atoms with Gasteiger partial charge in [0.05, 0.1) is 7.11 Å². The lowest BCUT2D eigenvalue weighted by Crippen LogP contribution is -2.02. The van der Waals surface area contributed by atoms with Crippen LogP contribution in [-0.2, 0) is 10.1 Å². The summed E-state index contributed by atoms with van der Waals surface area (Å²) < 4.78 is 5.21. The summed E-state index contributed by atoms with van der Waals surface area (Å²) in [6.07, 6.45) is 0. The van der Waals surface area contributed by atoms with E-state index in [0.29, 0.717) is 5.33 Å². The molecule has 0 saturated carbocycles. The molecular formula is C11H12BrClO2. The highest BCUT2D eigenvalue weighted by atomic mass is 79.9. The Morgan fingerprint density at radius 1 is 1.60 bits per heavy atom. The maximum atomic E-state index is 11.1. The van der Waals surface area contributed by atoms with Crippen molar-refractivity contribution in [1.29, 1.82) is 0 Å². The maximum absolute atomic E-state index is 11.1. The molecule has 1 rings (SSSR count). The molecule has 0 aliphatic rings. The molecule has 1 aromatic carbocycles. The van der Waals surface area contributed by atoms with Crippen molar-refractivity contribution >= 4 is 33.3 Å². The van der Waals surface area contributed by atoms with Gasteiger partial charge in [-0.15, -0.1) is 11.6 Å². The summed E-state index contributed by atoms with van der Waals surface area (Å²) in [5.41, 5.74) is 1.80. The van der Waals surface area contributed by atoms with Crippen molar-refractivity contribution in [2.45, 2.75) is 17.6 Å². The van der Waals surface area contributed by atoms with Gasteiger partial charge in [-0.1, -0.05) is 28.1 Å². The van der Waals surface area contributed by atoms with Crippen LogP contribution in [0.15, 0.2) is 18.2 Å². The van der Waals surface area contributed by atoms with E-state index in [4.69, 9.17) is 16.3 Å². The first-order valence-corrected chi connectivity index (χ1v) is 6.03. The number of ketones is 1. The third-order valence-electron chi connectivity index (χ3n) is 2.10. The first-order chi connectivity index (χ1) is 7.10. The van der Waals surface area contributed by atoms with E-state index >= 15 is 0 Å². The van der Waals surface area contributed by atoms with Gasteiger partial charge in [-0.25, -0.2) is 0 Å². The average molecular weight is 292 g/mol. The minimum absolute atomic E-state index is 0.0645. The van der Waals surface area contributed by atoms with E-state index in [9.17, 15) is 4.79 Å². The predicted molar refractivity (Wildman–Crippen MR) is 64.9 cm³/mol. The first-order valence-electron chi connectivity index (χ1n) is 4.47. The molecule has 0 N–H and O–H groups in total. The van der Waals surface area contributed by atoms with Crippen molar-refractivity contribution in [3.05, 3.63) is 29.3 Å². The fraction of sp³-hybridized carbons (Fsp3) is 0.364. The minimum Gasteiger partial charge on any atom is -0.496 e. The number of methoxy groups -OCH3 is 1. The highest BCUT2D eigenvalue weighted by Crippen LogP contribution is 2.28. The minimum atomic E-state index is -0.594. The second-order valence-corrected chi connectivity index (χ2v) is 4.18. The van der Waals surface area contributed by atoms with E-state index in [0.717, 1.165) is 16.9 Å². The molecule has 2 nitrogen and oxygen atoms in total. The van der Waals surface area contributed by atoms with Crippen LogP contribution in [0, 0.1) is 0 Å². The number of Topliss-reactive ketones (excluding diaryl/α,β-unsaturated/α-hetero) is 1. The monoisotopic (exact) mass is 290 g/mol. The summed E-state index contributed by atoms with van der Waals surface area (Å²) in [5, 5.41) is 0.118. The highest BCUT2D eigenvalue weighted by molar-refractivity contribution is 9.08. The Hall–Kier alpha value is -0.540. The Labute approximate surface area is 103 Å². The van der Waals surface area contributed by atoms with Crippen molar-refractivity contribution in [1.82, 2.24) is 0 Å². The zero-order valence-corrected chi connectivity index (χ0v) is 10.9. The van der Waals surface area contributed by atoms with Gasteiger partial charge in [-0.05, 0) is 18.6 Å². The molecule has 0 aromatic heterocycles. The van der Waals surface area contributed by atoms with E-state index in [1.54, 1.807) is 13.2 Å². The van der Waals surface area contributed by atoms with E-state index in [-0.39, 0.29) is 5.78 Å². The van der Waals surface area contributed by atoms with Gasteiger partial charge in [0.2, 0.25) is 0 Å². The standard InChI is InChI=1S/C11H12BrClO2/c1-7(14)11(13)8-3-4-9(6-12)10(5-8)15-2/h3-5,11H,6H2,1-2H3. The van der Waals surface area contributed by atoms with Gasteiger partial charge >= 0.3 is 0 Å². The average Bonchev–Trinajstić information content (AvgIpc) is 2.26. The lowest BCUT2D eigenvalue weighted by Gasteiger charge is -2.11. The van der Waals surface area contributed by atoms with Gasteiger partial charge in [-0.2, -0.15) is 0 Å². The van der Waals surface area contributed by atoms with Crippen molar-refractivity contribution in [2.24, 2.45) is 0 Å². The smallest absolute Gasteiger partial charge is 0.152 e. The number of rotatable bonds is 4. The fourth-order valence-corrected chi connectivity index (χ4v) is 1.86. The normalized spacial score (nSPS) is 12.3. The second-order valence-electron chi connectivity index (χ2n) is 3.18.